The van der Waals surface area contributed by atoms with Crippen molar-refractivity contribution < 1.29 is 0 Å². The fourth-order valence-electron chi connectivity index (χ4n) is 10.7. The third-order valence-electron chi connectivity index (χ3n) is 13.8. The summed E-state index contributed by atoms with van der Waals surface area (Å²) < 4.78 is 2.38. The van der Waals surface area contributed by atoms with Crippen molar-refractivity contribution in [1.29, 1.82) is 0 Å². The molecule has 0 unspecified atom stereocenters. The van der Waals surface area contributed by atoms with Crippen molar-refractivity contribution in [2.45, 2.75) is 0 Å². The number of hydrogen-bond acceptors (Lipinski definition) is 1. The van der Waals surface area contributed by atoms with E-state index >= 15 is 0 Å². The molecule has 0 atom stereocenters. The highest BCUT2D eigenvalue weighted by Gasteiger charge is 2.20. The molecular formula is C66H44N2. The summed E-state index contributed by atoms with van der Waals surface area (Å²) >= 11 is 0. The molecule has 0 aliphatic rings. The monoisotopic (exact) mass is 864 g/mol. The SMILES string of the molecule is c1ccc(-c2c3ccccc3c(-c3ccc(N(c4ccc(-c5cccc6ccccc56)cc4)c4cccc(-c5ccc6c(c5)c5ccccc5n6-c5ccccc5)c4)cc3)c3ccccc23)cc1. The maximum absolute atomic E-state index is 2.40. The van der Waals surface area contributed by atoms with Gasteiger partial charge < -0.3 is 9.47 Å². The summed E-state index contributed by atoms with van der Waals surface area (Å²) in [6, 6.07) is 97.4. The first-order chi connectivity index (χ1) is 33.7. The Bertz CT molecular complexity index is 3940. The largest absolute Gasteiger partial charge is 0.310 e. The van der Waals surface area contributed by atoms with Gasteiger partial charge in [-0.05, 0) is 144 Å². The molecule has 0 spiro atoms. The summed E-state index contributed by atoms with van der Waals surface area (Å²) in [6.45, 7) is 0. The van der Waals surface area contributed by atoms with Crippen LogP contribution in [0.5, 0.6) is 0 Å². The number of rotatable bonds is 8. The Labute approximate surface area is 395 Å². The number of benzene rings is 12. The van der Waals surface area contributed by atoms with Crippen LogP contribution in [0.3, 0.4) is 0 Å². The summed E-state index contributed by atoms with van der Waals surface area (Å²) in [4.78, 5) is 2.40. The van der Waals surface area contributed by atoms with Gasteiger partial charge >= 0.3 is 0 Å². The lowest BCUT2D eigenvalue weighted by Crippen LogP contribution is -2.10. The van der Waals surface area contributed by atoms with E-state index in [0.717, 1.165) is 28.3 Å². The van der Waals surface area contributed by atoms with Crippen LogP contribution >= 0.6 is 0 Å². The van der Waals surface area contributed by atoms with Gasteiger partial charge in [0.15, 0.2) is 0 Å². The van der Waals surface area contributed by atoms with Gasteiger partial charge in [0.1, 0.15) is 0 Å². The number of para-hydroxylation sites is 2. The molecule has 0 bridgehead atoms. The molecule has 0 N–H and O–H groups in total. The lowest BCUT2D eigenvalue weighted by molar-refractivity contribution is 1.18. The molecule has 13 aromatic rings. The van der Waals surface area contributed by atoms with Gasteiger partial charge in [0, 0.05) is 33.5 Å². The van der Waals surface area contributed by atoms with Gasteiger partial charge in [-0.25, -0.2) is 0 Å². The van der Waals surface area contributed by atoms with Crippen molar-refractivity contribution in [3.63, 3.8) is 0 Å². The number of nitrogens with zero attached hydrogens (tertiary/aromatic N) is 2. The van der Waals surface area contributed by atoms with Crippen LogP contribution in [0.1, 0.15) is 0 Å². The fourth-order valence-corrected chi connectivity index (χ4v) is 10.7. The molecule has 0 aliphatic carbocycles. The Morgan fingerprint density at radius 3 is 1.37 bits per heavy atom. The van der Waals surface area contributed by atoms with E-state index in [4.69, 9.17) is 0 Å². The van der Waals surface area contributed by atoms with Crippen molar-refractivity contribution >= 4 is 71.2 Å². The molecule has 12 aromatic carbocycles. The van der Waals surface area contributed by atoms with E-state index in [2.05, 4.69) is 276 Å². The highest BCUT2D eigenvalue weighted by Crippen LogP contribution is 2.45. The fraction of sp³-hybridized carbons (Fsp3) is 0. The Kier molecular flexibility index (Phi) is 9.54. The summed E-state index contributed by atoms with van der Waals surface area (Å²) in [7, 11) is 0. The minimum atomic E-state index is 1.08. The molecule has 0 radical (unpaired) electrons. The highest BCUT2D eigenvalue weighted by molar-refractivity contribution is 6.21. The van der Waals surface area contributed by atoms with Crippen LogP contribution in [0.2, 0.25) is 0 Å². The van der Waals surface area contributed by atoms with E-state index in [1.165, 1.54) is 93.1 Å². The van der Waals surface area contributed by atoms with E-state index in [-0.39, 0.29) is 0 Å². The zero-order chi connectivity index (χ0) is 45.0. The molecular weight excluding hydrogens is 821 g/mol. The van der Waals surface area contributed by atoms with Gasteiger partial charge in [0.25, 0.3) is 0 Å². The lowest BCUT2D eigenvalue weighted by Gasteiger charge is -2.27. The smallest absolute Gasteiger partial charge is 0.0541 e. The molecule has 1 aromatic heterocycles. The normalized spacial score (nSPS) is 11.5. The van der Waals surface area contributed by atoms with Crippen LogP contribution in [0.25, 0.3) is 104 Å². The van der Waals surface area contributed by atoms with Crippen molar-refractivity contribution in [3.05, 3.63) is 267 Å². The Balaban J connectivity index is 0.951. The standard InChI is InChI=1S/C66H44N2/c1-3-18-47(19-4-1)65-58-27-9-11-29-60(58)66(61-30-12-10-28-59(61)65)48-35-40-53(41-36-48)67(52-38-33-46(34-39-52)56-31-16-20-45-17-7-8-25-55(45)56)54-24-15-21-49(43-54)50-37-42-64-62(44-50)57-26-13-14-32-63(57)68(64)51-22-5-2-6-23-51/h1-44H. The topological polar surface area (TPSA) is 8.17 Å². The summed E-state index contributed by atoms with van der Waals surface area (Å²) in [5.74, 6) is 0. The van der Waals surface area contributed by atoms with E-state index in [0.29, 0.717) is 0 Å². The zero-order valence-corrected chi connectivity index (χ0v) is 37.3. The van der Waals surface area contributed by atoms with Crippen LogP contribution in [0, 0.1) is 0 Å². The van der Waals surface area contributed by atoms with Crippen molar-refractivity contribution in [2.24, 2.45) is 0 Å². The first-order valence-corrected chi connectivity index (χ1v) is 23.4. The second kappa shape index (κ2) is 16.5. The molecule has 0 aliphatic heterocycles. The second-order valence-electron chi connectivity index (χ2n) is 17.6. The number of anilines is 3. The molecule has 68 heavy (non-hydrogen) atoms. The second-order valence-corrected chi connectivity index (χ2v) is 17.6. The summed E-state index contributed by atoms with van der Waals surface area (Å²) in [5.41, 5.74) is 16.5. The van der Waals surface area contributed by atoms with Gasteiger partial charge in [0.05, 0.1) is 11.0 Å². The molecule has 0 amide bonds. The molecule has 318 valence electrons. The number of hydrogen-bond donors (Lipinski definition) is 0. The van der Waals surface area contributed by atoms with Crippen molar-refractivity contribution in [2.75, 3.05) is 4.90 Å². The first-order valence-electron chi connectivity index (χ1n) is 23.4. The Morgan fingerprint density at radius 2 is 0.706 bits per heavy atom. The maximum atomic E-state index is 2.40. The van der Waals surface area contributed by atoms with Gasteiger partial charge in [-0.2, -0.15) is 0 Å². The van der Waals surface area contributed by atoms with Gasteiger partial charge in [-0.15, -0.1) is 0 Å². The summed E-state index contributed by atoms with van der Waals surface area (Å²) in [5, 5.41) is 9.97. The minimum Gasteiger partial charge on any atom is -0.310 e. The third-order valence-corrected chi connectivity index (χ3v) is 13.8. The van der Waals surface area contributed by atoms with Gasteiger partial charge in [-0.3, -0.25) is 0 Å². The average molecular weight is 865 g/mol. The first kappa shape index (κ1) is 39.4. The maximum Gasteiger partial charge on any atom is 0.0541 e. The van der Waals surface area contributed by atoms with Gasteiger partial charge in [-0.1, -0.05) is 200 Å². The number of fused-ring (bicyclic) bond motifs is 6. The zero-order valence-electron chi connectivity index (χ0n) is 37.3. The molecule has 0 saturated carbocycles. The van der Waals surface area contributed by atoms with Crippen LogP contribution in [0.15, 0.2) is 267 Å². The predicted molar refractivity (Wildman–Crippen MR) is 290 cm³/mol. The quantitative estimate of drug-likeness (QED) is 0.138. The summed E-state index contributed by atoms with van der Waals surface area (Å²) in [6.07, 6.45) is 0. The minimum absolute atomic E-state index is 1.08. The van der Waals surface area contributed by atoms with E-state index in [9.17, 15) is 0 Å². The molecule has 2 heteroatoms. The van der Waals surface area contributed by atoms with Crippen LogP contribution in [-0.4, -0.2) is 4.57 Å². The van der Waals surface area contributed by atoms with E-state index in [1.54, 1.807) is 0 Å². The van der Waals surface area contributed by atoms with E-state index < -0.39 is 0 Å². The lowest BCUT2D eigenvalue weighted by atomic mass is 9.86. The van der Waals surface area contributed by atoms with Crippen LogP contribution in [0.4, 0.5) is 17.1 Å². The van der Waals surface area contributed by atoms with Crippen molar-refractivity contribution in [3.8, 4) is 50.2 Å². The van der Waals surface area contributed by atoms with Crippen LogP contribution in [-0.2, 0) is 0 Å². The average Bonchev–Trinajstić information content (AvgIpc) is 3.75. The van der Waals surface area contributed by atoms with E-state index in [1.807, 2.05) is 0 Å². The molecule has 13 rings (SSSR count). The van der Waals surface area contributed by atoms with Crippen LogP contribution < -0.4 is 4.90 Å². The Hall–Kier alpha value is -8.98. The van der Waals surface area contributed by atoms with Crippen molar-refractivity contribution in [1.82, 2.24) is 4.57 Å². The Morgan fingerprint density at radius 1 is 0.250 bits per heavy atom. The molecule has 2 nitrogen and oxygen atoms in total. The third kappa shape index (κ3) is 6.65. The number of aromatic nitrogens is 1. The molecule has 1 heterocycles. The van der Waals surface area contributed by atoms with Gasteiger partial charge in [0.2, 0.25) is 0 Å². The molecule has 0 fully saturated rings. The highest BCUT2D eigenvalue weighted by atomic mass is 15.1. The predicted octanol–water partition coefficient (Wildman–Crippen LogP) is 18.4. The molecule has 0 saturated heterocycles.